The lowest BCUT2D eigenvalue weighted by atomic mass is 9.98. The highest BCUT2D eigenvalue weighted by Crippen LogP contribution is 2.27. The Hall–Kier alpha value is -1.55. The van der Waals surface area contributed by atoms with E-state index in [4.69, 9.17) is 0 Å². The molecule has 1 amide bonds. The van der Waals surface area contributed by atoms with E-state index in [1.807, 2.05) is 23.1 Å². The first kappa shape index (κ1) is 12.5. The average molecular weight is 260 g/mol. The van der Waals surface area contributed by atoms with Crippen molar-refractivity contribution in [3.8, 4) is 0 Å². The fourth-order valence-electron chi connectivity index (χ4n) is 3.08. The number of likely N-dealkylation sites (tertiary alicyclic amines) is 1. The first-order valence-electron chi connectivity index (χ1n) is 7.02. The fourth-order valence-corrected chi connectivity index (χ4v) is 3.08. The third kappa shape index (κ3) is 2.45. The number of nitrogens with one attached hydrogen (secondary N) is 1. The summed E-state index contributed by atoms with van der Waals surface area (Å²) in [6, 6.07) is 7.96. The van der Waals surface area contributed by atoms with Crippen LogP contribution in [0.5, 0.6) is 0 Å². The summed E-state index contributed by atoms with van der Waals surface area (Å²) in [5.41, 5.74) is 2.30. The lowest BCUT2D eigenvalue weighted by Gasteiger charge is -2.33. The Morgan fingerprint density at radius 1 is 1.42 bits per heavy atom. The van der Waals surface area contributed by atoms with Gasteiger partial charge in [-0.25, -0.2) is 0 Å². The molecule has 1 fully saturated rings. The van der Waals surface area contributed by atoms with Crippen LogP contribution in [0.25, 0.3) is 0 Å². The second-order valence-electron chi connectivity index (χ2n) is 5.53. The number of para-hydroxylation sites is 1. The fraction of sp³-hybridized carbons (Fsp3) is 0.533. The van der Waals surface area contributed by atoms with Crippen LogP contribution in [0.2, 0.25) is 0 Å². The summed E-state index contributed by atoms with van der Waals surface area (Å²) in [6.07, 6.45) is 2.80. The zero-order chi connectivity index (χ0) is 13.2. The normalized spacial score (nSPS) is 25.8. The molecule has 2 aliphatic rings. The van der Waals surface area contributed by atoms with Crippen LogP contribution < -0.4 is 5.32 Å². The van der Waals surface area contributed by atoms with Crippen molar-refractivity contribution in [2.45, 2.75) is 25.3 Å². The van der Waals surface area contributed by atoms with Gasteiger partial charge in [-0.15, -0.1) is 0 Å². The third-order valence-electron chi connectivity index (χ3n) is 4.16. The Labute approximate surface area is 113 Å². The molecule has 2 atom stereocenters. The number of benzene rings is 1. The van der Waals surface area contributed by atoms with E-state index in [1.54, 1.807) is 0 Å². The van der Waals surface area contributed by atoms with E-state index in [9.17, 15) is 9.90 Å². The molecule has 1 aromatic carbocycles. The minimum absolute atomic E-state index is 0.130. The highest BCUT2D eigenvalue weighted by molar-refractivity contribution is 5.87. The van der Waals surface area contributed by atoms with Crippen molar-refractivity contribution in [1.82, 2.24) is 4.90 Å². The van der Waals surface area contributed by atoms with Crippen molar-refractivity contribution < 1.29 is 9.90 Å². The number of aliphatic hydroxyl groups excluding tert-OH is 1. The summed E-state index contributed by atoms with van der Waals surface area (Å²) < 4.78 is 0. The zero-order valence-corrected chi connectivity index (χ0v) is 11.0. The van der Waals surface area contributed by atoms with Gasteiger partial charge in [0.2, 0.25) is 5.91 Å². The summed E-state index contributed by atoms with van der Waals surface area (Å²) in [4.78, 5) is 14.4. The topological polar surface area (TPSA) is 52.6 Å². The molecule has 0 saturated carbocycles. The Kier molecular flexibility index (Phi) is 3.42. The second kappa shape index (κ2) is 5.21. The number of carbonyl (C=O) groups excluding carboxylic acids is 1. The summed E-state index contributed by atoms with van der Waals surface area (Å²) in [6.45, 7) is 1.70. The first-order chi connectivity index (χ1) is 9.28. The summed E-state index contributed by atoms with van der Waals surface area (Å²) in [5.74, 6) is 0.427. The third-order valence-corrected chi connectivity index (χ3v) is 4.16. The van der Waals surface area contributed by atoms with E-state index in [1.165, 1.54) is 5.56 Å². The highest BCUT2D eigenvalue weighted by atomic mass is 16.3. The lowest BCUT2D eigenvalue weighted by molar-refractivity contribution is -0.134. The largest absolute Gasteiger partial charge is 0.396 e. The molecule has 0 bridgehead atoms. The quantitative estimate of drug-likeness (QED) is 0.841. The Morgan fingerprint density at radius 3 is 3.05 bits per heavy atom. The molecule has 4 nitrogen and oxygen atoms in total. The van der Waals surface area contributed by atoms with Gasteiger partial charge < -0.3 is 15.3 Å². The number of hydrogen-bond acceptors (Lipinski definition) is 3. The molecule has 2 N–H and O–H groups in total. The van der Waals surface area contributed by atoms with E-state index < -0.39 is 0 Å². The number of fused-ring (bicyclic) bond motifs is 1. The Bertz CT molecular complexity index is 450. The number of amides is 1. The van der Waals surface area contributed by atoms with Crippen molar-refractivity contribution in [2.75, 3.05) is 25.0 Å². The van der Waals surface area contributed by atoms with Gasteiger partial charge in [0.1, 0.15) is 6.04 Å². The van der Waals surface area contributed by atoms with E-state index >= 15 is 0 Å². The van der Waals surface area contributed by atoms with Gasteiger partial charge in [0.25, 0.3) is 0 Å². The van der Waals surface area contributed by atoms with E-state index in [0.29, 0.717) is 6.54 Å². The predicted molar refractivity (Wildman–Crippen MR) is 73.9 cm³/mol. The smallest absolute Gasteiger partial charge is 0.245 e. The number of rotatable bonds is 2. The van der Waals surface area contributed by atoms with Crippen molar-refractivity contribution in [3.63, 3.8) is 0 Å². The van der Waals surface area contributed by atoms with Gasteiger partial charge in [-0.3, -0.25) is 4.79 Å². The molecule has 4 heteroatoms. The standard InChI is InChI=1S/C15H20N2O2/c18-10-11-4-3-7-17(9-11)15(19)14-8-12-5-1-2-6-13(12)16-14/h1-2,5-6,11,14,16,18H,3-4,7-10H2/t11-,14+/m0/s1. The van der Waals surface area contributed by atoms with Crippen molar-refractivity contribution in [1.29, 1.82) is 0 Å². The van der Waals surface area contributed by atoms with E-state index in [0.717, 1.165) is 31.5 Å². The van der Waals surface area contributed by atoms with Gasteiger partial charge in [-0.1, -0.05) is 18.2 Å². The average Bonchev–Trinajstić information content (AvgIpc) is 2.90. The molecule has 0 spiro atoms. The Morgan fingerprint density at radius 2 is 2.26 bits per heavy atom. The minimum atomic E-state index is -0.130. The lowest BCUT2D eigenvalue weighted by Crippen LogP contribution is -2.47. The molecule has 0 unspecified atom stereocenters. The van der Waals surface area contributed by atoms with Crippen LogP contribution in [0, 0.1) is 5.92 Å². The molecule has 0 radical (unpaired) electrons. The zero-order valence-electron chi connectivity index (χ0n) is 11.0. The van der Waals surface area contributed by atoms with Gasteiger partial charge in [0.05, 0.1) is 0 Å². The number of anilines is 1. The molecule has 0 aromatic heterocycles. The van der Waals surface area contributed by atoms with Crippen LogP contribution >= 0.6 is 0 Å². The maximum Gasteiger partial charge on any atom is 0.245 e. The first-order valence-corrected chi connectivity index (χ1v) is 7.02. The molecular weight excluding hydrogens is 240 g/mol. The molecule has 0 aliphatic carbocycles. The van der Waals surface area contributed by atoms with Crippen molar-refractivity contribution >= 4 is 11.6 Å². The van der Waals surface area contributed by atoms with Crippen LogP contribution in [0.3, 0.4) is 0 Å². The molecule has 102 valence electrons. The number of nitrogens with zero attached hydrogens (tertiary/aromatic N) is 1. The summed E-state index contributed by atoms with van der Waals surface area (Å²) >= 11 is 0. The van der Waals surface area contributed by atoms with Crippen LogP contribution in [0.4, 0.5) is 5.69 Å². The molecule has 3 rings (SSSR count). The van der Waals surface area contributed by atoms with Crippen molar-refractivity contribution in [2.24, 2.45) is 5.92 Å². The monoisotopic (exact) mass is 260 g/mol. The van der Waals surface area contributed by atoms with Crippen molar-refractivity contribution in [3.05, 3.63) is 29.8 Å². The minimum Gasteiger partial charge on any atom is -0.396 e. The van der Waals surface area contributed by atoms with Crippen LogP contribution in [0.15, 0.2) is 24.3 Å². The maximum absolute atomic E-state index is 12.5. The second-order valence-corrected chi connectivity index (χ2v) is 5.53. The SMILES string of the molecule is O=C([C@H]1Cc2ccccc2N1)N1CCC[C@H](CO)C1. The highest BCUT2D eigenvalue weighted by Gasteiger charge is 2.32. The molecule has 2 heterocycles. The number of piperidine rings is 1. The summed E-state index contributed by atoms with van der Waals surface area (Å²) in [7, 11) is 0. The van der Waals surface area contributed by atoms with Crippen LogP contribution in [0.1, 0.15) is 18.4 Å². The molecule has 19 heavy (non-hydrogen) atoms. The van der Waals surface area contributed by atoms with Gasteiger partial charge in [-0.2, -0.15) is 0 Å². The van der Waals surface area contributed by atoms with Crippen LogP contribution in [-0.4, -0.2) is 41.7 Å². The summed E-state index contributed by atoms with van der Waals surface area (Å²) in [5, 5.41) is 12.6. The van der Waals surface area contributed by atoms with Gasteiger partial charge in [0, 0.05) is 31.8 Å². The molecule has 1 aromatic rings. The predicted octanol–water partition coefficient (Wildman–Crippen LogP) is 1.25. The maximum atomic E-state index is 12.5. The van der Waals surface area contributed by atoms with E-state index in [-0.39, 0.29) is 24.5 Å². The van der Waals surface area contributed by atoms with E-state index in [2.05, 4.69) is 11.4 Å². The molecule has 2 aliphatic heterocycles. The number of hydrogen-bond donors (Lipinski definition) is 2. The van der Waals surface area contributed by atoms with Crippen LogP contribution in [-0.2, 0) is 11.2 Å². The van der Waals surface area contributed by atoms with Gasteiger partial charge >= 0.3 is 0 Å². The molecular formula is C15H20N2O2. The number of aliphatic hydroxyl groups is 1. The molecule has 1 saturated heterocycles. The van der Waals surface area contributed by atoms with Gasteiger partial charge in [0.15, 0.2) is 0 Å². The number of carbonyl (C=O) groups is 1. The Balaban J connectivity index is 1.66. The van der Waals surface area contributed by atoms with Gasteiger partial charge in [-0.05, 0) is 30.4 Å².